The third kappa shape index (κ3) is 6.34. The van der Waals surface area contributed by atoms with Gasteiger partial charge in [0.15, 0.2) is 11.5 Å². The lowest BCUT2D eigenvalue weighted by Crippen LogP contribution is -2.37. The smallest absolute Gasteiger partial charge is 0.258 e. The van der Waals surface area contributed by atoms with Crippen LogP contribution >= 0.6 is 0 Å². The molecule has 1 aliphatic rings. The van der Waals surface area contributed by atoms with Crippen LogP contribution in [0.3, 0.4) is 0 Å². The zero-order chi connectivity index (χ0) is 25.3. The van der Waals surface area contributed by atoms with Crippen LogP contribution in [-0.2, 0) is 17.7 Å². The maximum Gasteiger partial charge on any atom is 0.258 e. The van der Waals surface area contributed by atoms with E-state index in [1.165, 1.54) is 13.2 Å². The molecule has 1 amide bonds. The lowest BCUT2D eigenvalue weighted by molar-refractivity contribution is 0.0504. The lowest BCUT2D eigenvalue weighted by atomic mass is 10.1. The van der Waals surface area contributed by atoms with Crippen molar-refractivity contribution in [1.29, 1.82) is 0 Å². The highest BCUT2D eigenvalue weighted by Gasteiger charge is 2.26. The molecule has 1 saturated heterocycles. The van der Waals surface area contributed by atoms with Gasteiger partial charge in [0, 0.05) is 26.1 Å². The molecule has 0 aliphatic carbocycles. The minimum absolute atomic E-state index is 0.00856. The molecule has 0 aromatic heterocycles. The highest BCUT2D eigenvalue weighted by molar-refractivity contribution is 5.97. The van der Waals surface area contributed by atoms with E-state index in [1.807, 2.05) is 30.3 Å². The third-order valence-electron chi connectivity index (χ3n) is 6.24. The molecule has 4 rings (SSSR count). The second kappa shape index (κ2) is 12.4. The molecule has 0 bridgehead atoms. The van der Waals surface area contributed by atoms with E-state index in [9.17, 15) is 9.18 Å². The molecule has 1 aliphatic heterocycles. The summed E-state index contributed by atoms with van der Waals surface area (Å²) in [7, 11) is 3.08. The largest absolute Gasteiger partial charge is 0.493 e. The Morgan fingerprint density at radius 2 is 1.89 bits per heavy atom. The van der Waals surface area contributed by atoms with Gasteiger partial charge in [-0.3, -0.25) is 4.79 Å². The minimum atomic E-state index is -0.230. The fourth-order valence-corrected chi connectivity index (χ4v) is 4.41. The van der Waals surface area contributed by atoms with Gasteiger partial charge in [-0.25, -0.2) is 4.39 Å². The standard InChI is InChI=1S/C29H32FNO5/c1-33-27-14-6-12-25(28(27)34-2)29(32)31(20-24-11-7-16-35-24)19-21-8-5-10-23(18-21)36-17-15-22-9-3-4-13-26(22)30/h3-6,8-10,12-14,18,24H,7,11,15-17,19-20H2,1-2H3/t24-/m1/s1. The average Bonchev–Trinajstić information content (AvgIpc) is 3.42. The highest BCUT2D eigenvalue weighted by Crippen LogP contribution is 2.32. The van der Waals surface area contributed by atoms with E-state index >= 15 is 0 Å². The number of rotatable bonds is 11. The van der Waals surface area contributed by atoms with Crippen molar-refractivity contribution in [1.82, 2.24) is 4.90 Å². The van der Waals surface area contributed by atoms with Crippen molar-refractivity contribution < 1.29 is 28.1 Å². The predicted octanol–water partition coefficient (Wildman–Crippen LogP) is 5.29. The van der Waals surface area contributed by atoms with Crippen molar-refractivity contribution in [2.75, 3.05) is 34.0 Å². The van der Waals surface area contributed by atoms with Gasteiger partial charge in [-0.2, -0.15) is 0 Å². The number of halogens is 1. The lowest BCUT2D eigenvalue weighted by Gasteiger charge is -2.27. The molecule has 3 aromatic carbocycles. The summed E-state index contributed by atoms with van der Waals surface area (Å²) in [5.74, 6) is 1.20. The Labute approximate surface area is 211 Å². The van der Waals surface area contributed by atoms with Crippen LogP contribution in [0.5, 0.6) is 17.2 Å². The third-order valence-corrected chi connectivity index (χ3v) is 6.24. The highest BCUT2D eigenvalue weighted by atomic mass is 19.1. The SMILES string of the molecule is COc1cccc(C(=O)N(Cc2cccc(OCCc3ccccc3F)c2)C[C@H]2CCCO2)c1OC. The summed E-state index contributed by atoms with van der Waals surface area (Å²) in [6.45, 7) is 1.91. The summed E-state index contributed by atoms with van der Waals surface area (Å²) < 4.78 is 36.5. The van der Waals surface area contributed by atoms with Crippen molar-refractivity contribution in [3.05, 3.63) is 89.2 Å². The average molecular weight is 494 g/mol. The van der Waals surface area contributed by atoms with Gasteiger partial charge >= 0.3 is 0 Å². The Morgan fingerprint density at radius 1 is 1.06 bits per heavy atom. The molecule has 0 spiro atoms. The number of carbonyl (C=O) groups is 1. The van der Waals surface area contributed by atoms with E-state index in [-0.39, 0.29) is 17.8 Å². The quantitative estimate of drug-likeness (QED) is 0.364. The molecule has 1 atom stereocenters. The fourth-order valence-electron chi connectivity index (χ4n) is 4.41. The molecule has 36 heavy (non-hydrogen) atoms. The molecule has 190 valence electrons. The molecule has 0 N–H and O–H groups in total. The van der Waals surface area contributed by atoms with Gasteiger partial charge in [0.25, 0.3) is 5.91 Å². The summed E-state index contributed by atoms with van der Waals surface area (Å²) in [5, 5.41) is 0. The Kier molecular flexibility index (Phi) is 8.79. The maximum absolute atomic E-state index is 13.9. The van der Waals surface area contributed by atoms with Crippen molar-refractivity contribution in [2.45, 2.75) is 31.9 Å². The van der Waals surface area contributed by atoms with E-state index < -0.39 is 0 Å². The van der Waals surface area contributed by atoms with Crippen LogP contribution in [0, 0.1) is 5.82 Å². The number of benzene rings is 3. The van der Waals surface area contributed by atoms with Gasteiger partial charge in [0.05, 0.1) is 32.5 Å². The van der Waals surface area contributed by atoms with Crippen LogP contribution in [0.2, 0.25) is 0 Å². The van der Waals surface area contributed by atoms with Gasteiger partial charge in [-0.1, -0.05) is 36.4 Å². The summed E-state index contributed by atoms with van der Waals surface area (Å²) in [5.41, 5.74) is 1.98. The Bertz CT molecular complexity index is 1160. The van der Waals surface area contributed by atoms with Crippen LogP contribution in [-0.4, -0.2) is 50.9 Å². The number of ether oxygens (including phenoxy) is 4. The summed E-state index contributed by atoms with van der Waals surface area (Å²) in [4.78, 5) is 15.5. The van der Waals surface area contributed by atoms with Gasteiger partial charge in [-0.15, -0.1) is 0 Å². The minimum Gasteiger partial charge on any atom is -0.493 e. The maximum atomic E-state index is 13.9. The van der Waals surface area contributed by atoms with E-state index in [2.05, 4.69) is 0 Å². The first kappa shape index (κ1) is 25.5. The second-order valence-electron chi connectivity index (χ2n) is 8.70. The molecule has 1 heterocycles. The van der Waals surface area contributed by atoms with E-state index in [0.29, 0.717) is 61.1 Å². The molecular formula is C29H32FNO5. The Morgan fingerprint density at radius 3 is 2.64 bits per heavy atom. The normalized spacial score (nSPS) is 14.9. The number of hydrogen-bond donors (Lipinski definition) is 0. The number of nitrogens with zero attached hydrogens (tertiary/aromatic N) is 1. The molecular weight excluding hydrogens is 461 g/mol. The van der Waals surface area contributed by atoms with Crippen molar-refractivity contribution in [3.8, 4) is 17.2 Å². The van der Waals surface area contributed by atoms with Crippen molar-refractivity contribution >= 4 is 5.91 Å². The number of para-hydroxylation sites is 1. The van der Waals surface area contributed by atoms with Crippen LogP contribution in [0.15, 0.2) is 66.7 Å². The van der Waals surface area contributed by atoms with Gasteiger partial charge in [0.2, 0.25) is 0 Å². The van der Waals surface area contributed by atoms with E-state index in [1.54, 1.807) is 42.3 Å². The number of carbonyl (C=O) groups excluding carboxylic acids is 1. The monoisotopic (exact) mass is 493 g/mol. The number of hydrogen-bond acceptors (Lipinski definition) is 5. The molecule has 0 saturated carbocycles. The topological polar surface area (TPSA) is 57.2 Å². The van der Waals surface area contributed by atoms with E-state index in [4.69, 9.17) is 18.9 Å². The van der Waals surface area contributed by atoms with E-state index in [0.717, 1.165) is 18.4 Å². The van der Waals surface area contributed by atoms with Crippen LogP contribution in [0.1, 0.15) is 34.3 Å². The molecule has 7 heteroatoms. The molecule has 6 nitrogen and oxygen atoms in total. The second-order valence-corrected chi connectivity index (χ2v) is 8.70. The number of methoxy groups -OCH3 is 2. The van der Waals surface area contributed by atoms with Crippen molar-refractivity contribution in [2.24, 2.45) is 0 Å². The Hall–Kier alpha value is -3.58. The van der Waals surface area contributed by atoms with Crippen molar-refractivity contribution in [3.63, 3.8) is 0 Å². The molecule has 0 radical (unpaired) electrons. The summed E-state index contributed by atoms with van der Waals surface area (Å²) in [6, 6.07) is 19.6. The summed E-state index contributed by atoms with van der Waals surface area (Å²) >= 11 is 0. The molecule has 0 unspecified atom stereocenters. The van der Waals surface area contributed by atoms with Gasteiger partial charge in [-0.05, 0) is 54.3 Å². The zero-order valence-electron chi connectivity index (χ0n) is 20.7. The van der Waals surface area contributed by atoms with Gasteiger partial charge in [0.1, 0.15) is 11.6 Å². The predicted molar refractivity (Wildman–Crippen MR) is 135 cm³/mol. The first-order valence-electron chi connectivity index (χ1n) is 12.2. The first-order valence-corrected chi connectivity index (χ1v) is 12.2. The van der Waals surface area contributed by atoms with Crippen LogP contribution < -0.4 is 14.2 Å². The first-order chi connectivity index (χ1) is 17.6. The number of amides is 1. The van der Waals surface area contributed by atoms with Crippen LogP contribution in [0.25, 0.3) is 0 Å². The summed E-state index contributed by atoms with van der Waals surface area (Å²) in [6.07, 6.45) is 2.36. The fraction of sp³-hybridized carbons (Fsp3) is 0.345. The van der Waals surface area contributed by atoms with Crippen LogP contribution in [0.4, 0.5) is 4.39 Å². The van der Waals surface area contributed by atoms with Gasteiger partial charge < -0.3 is 23.8 Å². The zero-order valence-corrected chi connectivity index (χ0v) is 20.7. The molecule has 3 aromatic rings. The molecule has 1 fully saturated rings. The Balaban J connectivity index is 1.49.